The Bertz CT molecular complexity index is 2870. The number of H-pyrrole nitrogens is 2. The normalized spacial score (nSPS) is 19.5. The van der Waals surface area contributed by atoms with E-state index >= 15 is 0 Å². The third-order valence-electron chi connectivity index (χ3n) is 14.6. The number of nitrogens with zero attached hydrogens (tertiary/aromatic N) is 4. The number of nitrogens with one attached hydrogen (secondary N) is 4. The molecule has 68 heavy (non-hydrogen) atoms. The number of benzene rings is 4. The van der Waals surface area contributed by atoms with Gasteiger partial charge in [-0.15, -0.1) is 0 Å². The number of hydrogen-bond donors (Lipinski definition) is 4. The predicted octanol–water partition coefficient (Wildman–Crippen LogP) is 8.90. The molecule has 4 aromatic carbocycles. The molecule has 354 valence electrons. The number of likely N-dealkylation sites (tertiary alicyclic amines) is 2. The van der Waals surface area contributed by atoms with Crippen molar-refractivity contribution in [3.05, 3.63) is 101 Å². The number of aromatic amines is 2. The molecule has 4 aliphatic rings. The molecule has 2 aromatic heterocycles. The number of hydrogen-bond acceptors (Lipinski definition) is 10. The van der Waals surface area contributed by atoms with Crippen LogP contribution >= 0.6 is 0 Å². The predicted molar refractivity (Wildman–Crippen MR) is 255 cm³/mol. The fraction of sp³-hybridized carbons (Fsp3) is 0.423. The Balaban J connectivity index is 0.878. The highest BCUT2D eigenvalue weighted by Crippen LogP contribution is 2.44. The summed E-state index contributed by atoms with van der Waals surface area (Å²) >= 11 is 0. The topological polar surface area (TPSA) is 193 Å². The summed E-state index contributed by atoms with van der Waals surface area (Å²) in [6.45, 7) is 3.17. The van der Waals surface area contributed by atoms with Crippen LogP contribution in [-0.2, 0) is 30.4 Å². The maximum absolute atomic E-state index is 14.5. The standard InChI is InChI=1S/C52H58N8O8/c1-29(65-2)44(57-51(63)66-3)49(61)59-22-8-12-41(59)47-53-27-40(55-47)34-18-20-36-35(24-34)28-68-43-26-37-33(25-38(36)43)19-21-39-46(37)56-48(54-39)42-13-9-23-60(42)50(62)45(58-52(64)67-4)32-16-14-31(15-17-32)30-10-6-5-7-11-30/h14-21,24-27,29-30,41-42,44-45H,5-13,22-23,28H2,1-4H3,(H,53,55)(H,54,56)(H,57,63)(H,58,64)/t29-,41+,42+,44+,45-/m1/s1. The van der Waals surface area contributed by atoms with Crippen molar-refractivity contribution in [3.63, 3.8) is 0 Å². The Hall–Kier alpha value is -6.94. The van der Waals surface area contributed by atoms with Crippen LogP contribution in [0, 0.1) is 0 Å². The van der Waals surface area contributed by atoms with Crippen LogP contribution in [0.5, 0.6) is 5.75 Å². The minimum absolute atomic E-state index is 0.198. The van der Waals surface area contributed by atoms with E-state index in [1.165, 1.54) is 59.0 Å². The van der Waals surface area contributed by atoms with Crippen LogP contribution in [0.2, 0.25) is 0 Å². The first-order valence-corrected chi connectivity index (χ1v) is 23.8. The highest BCUT2D eigenvalue weighted by atomic mass is 16.5. The molecule has 16 nitrogen and oxygen atoms in total. The second-order valence-electron chi connectivity index (χ2n) is 18.5. The molecule has 0 unspecified atom stereocenters. The first-order valence-electron chi connectivity index (χ1n) is 23.8. The smallest absolute Gasteiger partial charge is 0.407 e. The van der Waals surface area contributed by atoms with Gasteiger partial charge < -0.3 is 49.3 Å². The summed E-state index contributed by atoms with van der Waals surface area (Å²) in [4.78, 5) is 73.5. The number of alkyl carbamates (subject to hydrolysis) is 2. The summed E-state index contributed by atoms with van der Waals surface area (Å²) in [6.07, 6.45) is 9.03. The zero-order valence-corrected chi connectivity index (χ0v) is 38.9. The van der Waals surface area contributed by atoms with Gasteiger partial charge >= 0.3 is 12.2 Å². The van der Waals surface area contributed by atoms with Gasteiger partial charge in [0.25, 0.3) is 5.91 Å². The molecule has 3 fully saturated rings. The first-order chi connectivity index (χ1) is 33.1. The molecule has 0 bridgehead atoms. The number of carbonyl (C=O) groups is 4. The molecule has 4 amide bonds. The van der Waals surface area contributed by atoms with E-state index in [0.29, 0.717) is 37.3 Å². The summed E-state index contributed by atoms with van der Waals surface area (Å²) < 4.78 is 21.7. The third-order valence-corrected chi connectivity index (χ3v) is 14.6. The number of ether oxygens (including phenoxy) is 4. The van der Waals surface area contributed by atoms with E-state index in [4.69, 9.17) is 28.9 Å². The Labute approximate surface area is 394 Å². The number of imidazole rings is 2. The molecular formula is C52H58N8O8. The van der Waals surface area contributed by atoms with Gasteiger partial charge in [0.15, 0.2) is 0 Å². The lowest BCUT2D eigenvalue weighted by atomic mass is 9.83. The van der Waals surface area contributed by atoms with Crippen LogP contribution in [0.1, 0.15) is 117 Å². The summed E-state index contributed by atoms with van der Waals surface area (Å²) in [5.41, 5.74) is 8.51. The maximum Gasteiger partial charge on any atom is 0.407 e. The lowest BCUT2D eigenvalue weighted by Gasteiger charge is -2.30. The molecule has 1 aliphatic carbocycles. The SMILES string of the molecule is COC(=O)N[C@H](C(=O)N1CCC[C@H]1c1ncc(-c2ccc3c(c2)COc2cc4c(ccc5nc([C@@H]6CCCN6C(=O)[C@H](NC(=O)OC)c6ccc(C7CCCCC7)cc6)[nH]c54)cc2-3)[nH]1)[C@@H](C)OC. The van der Waals surface area contributed by atoms with E-state index in [-0.39, 0.29) is 23.9 Å². The van der Waals surface area contributed by atoms with Gasteiger partial charge in [-0.05, 0) is 109 Å². The van der Waals surface area contributed by atoms with Gasteiger partial charge in [-0.3, -0.25) is 9.59 Å². The minimum atomic E-state index is -0.913. The van der Waals surface area contributed by atoms with Crippen LogP contribution < -0.4 is 15.4 Å². The van der Waals surface area contributed by atoms with Crippen LogP contribution in [-0.4, -0.2) is 100 Å². The Kier molecular flexibility index (Phi) is 12.5. The largest absolute Gasteiger partial charge is 0.488 e. The van der Waals surface area contributed by atoms with Crippen LogP contribution in [0.15, 0.2) is 72.9 Å². The molecule has 6 aromatic rings. The zero-order chi connectivity index (χ0) is 47.1. The van der Waals surface area contributed by atoms with Gasteiger partial charge in [-0.2, -0.15) is 0 Å². The van der Waals surface area contributed by atoms with Crippen LogP contribution in [0.4, 0.5) is 9.59 Å². The number of aromatic nitrogens is 4. The van der Waals surface area contributed by atoms with Gasteiger partial charge in [0.1, 0.15) is 36.1 Å². The number of carbonyl (C=O) groups excluding carboxylic acids is 4. The van der Waals surface area contributed by atoms with Crippen LogP contribution in [0.25, 0.3) is 44.2 Å². The van der Waals surface area contributed by atoms with Gasteiger partial charge in [-0.25, -0.2) is 19.6 Å². The lowest BCUT2D eigenvalue weighted by molar-refractivity contribution is -0.137. The van der Waals surface area contributed by atoms with Crippen molar-refractivity contribution in [2.24, 2.45) is 0 Å². The first kappa shape index (κ1) is 44.9. The second-order valence-corrected chi connectivity index (χ2v) is 18.5. The van der Waals surface area contributed by atoms with E-state index < -0.39 is 30.4 Å². The maximum atomic E-state index is 14.5. The monoisotopic (exact) mass is 922 g/mol. The molecule has 5 atom stereocenters. The lowest BCUT2D eigenvalue weighted by Crippen LogP contribution is -2.54. The van der Waals surface area contributed by atoms with Crippen molar-refractivity contribution in [2.45, 2.75) is 108 Å². The van der Waals surface area contributed by atoms with Crippen LogP contribution in [0.3, 0.4) is 0 Å². The molecule has 5 heterocycles. The van der Waals surface area contributed by atoms with Gasteiger partial charge in [0.05, 0.1) is 55.3 Å². The molecule has 10 rings (SSSR count). The summed E-state index contributed by atoms with van der Waals surface area (Å²) in [6, 6.07) is 20.4. The van der Waals surface area contributed by atoms with Crippen molar-refractivity contribution < 1.29 is 38.1 Å². The molecule has 0 spiro atoms. The molecule has 3 aliphatic heterocycles. The minimum Gasteiger partial charge on any atom is -0.488 e. The number of rotatable bonds is 11. The van der Waals surface area contributed by atoms with Crippen molar-refractivity contribution in [1.29, 1.82) is 0 Å². The van der Waals surface area contributed by atoms with E-state index in [0.717, 1.165) is 86.7 Å². The van der Waals surface area contributed by atoms with E-state index in [9.17, 15) is 19.2 Å². The van der Waals surface area contributed by atoms with E-state index in [2.05, 4.69) is 69.1 Å². The van der Waals surface area contributed by atoms with E-state index in [1.54, 1.807) is 18.0 Å². The second kappa shape index (κ2) is 19.0. The van der Waals surface area contributed by atoms with Gasteiger partial charge in [-0.1, -0.05) is 61.7 Å². The van der Waals surface area contributed by atoms with Crippen molar-refractivity contribution in [2.75, 3.05) is 34.4 Å². The molecule has 1 saturated carbocycles. The zero-order valence-electron chi connectivity index (χ0n) is 38.9. The molecule has 4 N–H and O–H groups in total. The third kappa shape index (κ3) is 8.50. The number of methoxy groups -OCH3 is 3. The number of fused-ring (bicyclic) bond motifs is 6. The molecule has 0 radical (unpaired) electrons. The fourth-order valence-electron chi connectivity index (χ4n) is 10.8. The van der Waals surface area contributed by atoms with Crippen molar-refractivity contribution in [3.8, 4) is 28.1 Å². The number of amides is 4. The molecular weight excluding hydrogens is 865 g/mol. The summed E-state index contributed by atoms with van der Waals surface area (Å²) in [5.74, 6) is 2.22. The van der Waals surface area contributed by atoms with Gasteiger partial charge in [0.2, 0.25) is 5.91 Å². The average molecular weight is 923 g/mol. The Morgan fingerprint density at radius 2 is 1.47 bits per heavy atom. The average Bonchev–Trinajstić information content (AvgIpc) is 4.23. The summed E-state index contributed by atoms with van der Waals surface area (Å²) in [7, 11) is 4.07. The van der Waals surface area contributed by atoms with Crippen molar-refractivity contribution >= 4 is 45.8 Å². The van der Waals surface area contributed by atoms with Crippen molar-refractivity contribution in [1.82, 2.24) is 40.4 Å². The molecule has 2 saturated heterocycles. The summed E-state index contributed by atoms with van der Waals surface area (Å²) in [5, 5.41) is 7.45. The molecule has 16 heteroatoms. The highest BCUT2D eigenvalue weighted by Gasteiger charge is 2.40. The highest BCUT2D eigenvalue weighted by molar-refractivity contribution is 6.07. The van der Waals surface area contributed by atoms with E-state index in [1.807, 2.05) is 23.1 Å². The Morgan fingerprint density at radius 1 is 0.750 bits per heavy atom. The van der Waals surface area contributed by atoms with Gasteiger partial charge in [0, 0.05) is 31.1 Å². The fourth-order valence-corrected chi connectivity index (χ4v) is 10.8. The quantitative estimate of drug-likeness (QED) is 0.0976. The Morgan fingerprint density at radius 3 is 2.21 bits per heavy atom.